The molecule has 1 aliphatic carbocycles. The summed E-state index contributed by atoms with van der Waals surface area (Å²) in [5, 5.41) is 9.05. The maximum Gasteiger partial charge on any atom is 0.335 e. The number of nitrogens with one attached hydrogen (secondary N) is 1. The highest BCUT2D eigenvalue weighted by molar-refractivity contribution is 5.92. The van der Waals surface area contributed by atoms with Gasteiger partial charge in [0.2, 0.25) is 0 Å². The number of nitrogens with zero attached hydrogens (tertiary/aromatic N) is 1. The van der Waals surface area contributed by atoms with Crippen LogP contribution in [0, 0.1) is 0 Å². The zero-order chi connectivity index (χ0) is 14.3. The molecule has 0 radical (unpaired) electrons. The van der Waals surface area contributed by atoms with Gasteiger partial charge in [-0.3, -0.25) is 4.57 Å². The number of carboxylic acid groups (broad SMARTS) is 1. The Morgan fingerprint density at radius 3 is 2.90 bits per heavy atom. The van der Waals surface area contributed by atoms with Crippen LogP contribution >= 0.6 is 0 Å². The number of rotatable bonds is 4. The fourth-order valence-electron chi connectivity index (χ4n) is 2.74. The van der Waals surface area contributed by atoms with Gasteiger partial charge in [0.05, 0.1) is 22.7 Å². The van der Waals surface area contributed by atoms with Crippen LogP contribution in [-0.4, -0.2) is 33.3 Å². The van der Waals surface area contributed by atoms with Crippen molar-refractivity contribution in [1.29, 1.82) is 0 Å². The van der Waals surface area contributed by atoms with Crippen molar-refractivity contribution in [2.75, 3.05) is 6.61 Å². The molecule has 1 heterocycles. The molecule has 1 fully saturated rings. The van der Waals surface area contributed by atoms with Crippen LogP contribution in [0.1, 0.15) is 36.2 Å². The number of ether oxygens (including phenoxy) is 1. The monoisotopic (exact) mass is 276 g/mol. The largest absolute Gasteiger partial charge is 0.478 e. The highest BCUT2D eigenvalue weighted by Crippen LogP contribution is 2.35. The number of aromatic nitrogens is 2. The van der Waals surface area contributed by atoms with Crippen LogP contribution in [0.5, 0.6) is 0 Å². The summed E-state index contributed by atoms with van der Waals surface area (Å²) in [6.45, 7) is 2.62. The number of carbonyl (C=O) groups is 1. The van der Waals surface area contributed by atoms with E-state index in [2.05, 4.69) is 4.98 Å². The van der Waals surface area contributed by atoms with Crippen molar-refractivity contribution in [3.05, 3.63) is 34.2 Å². The minimum absolute atomic E-state index is 0.0804. The molecule has 1 aromatic heterocycles. The minimum atomic E-state index is -0.993. The molecule has 2 aromatic rings. The number of imidazole rings is 1. The first-order valence-corrected chi connectivity index (χ1v) is 6.69. The third kappa shape index (κ3) is 2.02. The summed E-state index contributed by atoms with van der Waals surface area (Å²) in [5.41, 5.74) is 1.31. The summed E-state index contributed by atoms with van der Waals surface area (Å²) >= 11 is 0. The first kappa shape index (κ1) is 12.9. The zero-order valence-electron chi connectivity index (χ0n) is 11.1. The second-order valence-corrected chi connectivity index (χ2v) is 5.04. The summed E-state index contributed by atoms with van der Waals surface area (Å²) in [6.07, 6.45) is 1.78. The van der Waals surface area contributed by atoms with E-state index in [1.807, 2.05) is 6.92 Å². The molecule has 2 N–H and O–H groups in total. The molecule has 0 amide bonds. The number of hydrogen-bond acceptors (Lipinski definition) is 3. The van der Waals surface area contributed by atoms with Crippen molar-refractivity contribution >= 4 is 17.0 Å². The number of carboxylic acids is 1. The van der Waals surface area contributed by atoms with Crippen molar-refractivity contribution < 1.29 is 14.6 Å². The summed E-state index contributed by atoms with van der Waals surface area (Å²) in [5.74, 6) is -0.993. The van der Waals surface area contributed by atoms with E-state index in [0.29, 0.717) is 17.6 Å². The Hall–Kier alpha value is -2.08. The van der Waals surface area contributed by atoms with Crippen LogP contribution in [-0.2, 0) is 4.74 Å². The molecule has 20 heavy (non-hydrogen) atoms. The Morgan fingerprint density at radius 1 is 1.50 bits per heavy atom. The Kier molecular flexibility index (Phi) is 3.10. The number of aromatic carboxylic acids is 1. The van der Waals surface area contributed by atoms with E-state index >= 15 is 0 Å². The molecule has 3 rings (SSSR count). The molecular formula is C14H16N2O4. The van der Waals surface area contributed by atoms with Gasteiger partial charge in [0.15, 0.2) is 0 Å². The molecule has 1 aliphatic rings. The van der Waals surface area contributed by atoms with Gasteiger partial charge in [0.1, 0.15) is 0 Å². The second-order valence-electron chi connectivity index (χ2n) is 5.04. The molecule has 0 bridgehead atoms. The third-order valence-corrected chi connectivity index (χ3v) is 3.80. The van der Waals surface area contributed by atoms with Gasteiger partial charge in [-0.1, -0.05) is 0 Å². The smallest absolute Gasteiger partial charge is 0.335 e. The van der Waals surface area contributed by atoms with Gasteiger partial charge in [-0.25, -0.2) is 9.59 Å². The highest BCUT2D eigenvalue weighted by atomic mass is 16.5. The molecule has 0 atom stereocenters. The molecule has 1 aromatic carbocycles. The fourth-order valence-corrected chi connectivity index (χ4v) is 2.74. The van der Waals surface area contributed by atoms with E-state index in [4.69, 9.17) is 9.84 Å². The topological polar surface area (TPSA) is 84.3 Å². The lowest BCUT2D eigenvalue weighted by Crippen LogP contribution is -2.37. The summed E-state index contributed by atoms with van der Waals surface area (Å²) < 4.78 is 7.15. The van der Waals surface area contributed by atoms with Crippen molar-refractivity contribution in [1.82, 2.24) is 9.55 Å². The van der Waals surface area contributed by atoms with Crippen LogP contribution in [0.2, 0.25) is 0 Å². The molecule has 106 valence electrons. The maximum absolute atomic E-state index is 12.0. The summed E-state index contributed by atoms with van der Waals surface area (Å²) in [7, 11) is 0. The number of benzene rings is 1. The third-order valence-electron chi connectivity index (χ3n) is 3.80. The van der Waals surface area contributed by atoms with Gasteiger partial charge in [-0.15, -0.1) is 0 Å². The molecule has 6 nitrogen and oxygen atoms in total. The van der Waals surface area contributed by atoms with Crippen LogP contribution < -0.4 is 5.69 Å². The Bertz CT molecular complexity index is 710. The zero-order valence-corrected chi connectivity index (χ0v) is 11.1. The van der Waals surface area contributed by atoms with E-state index in [1.165, 1.54) is 6.07 Å². The summed E-state index contributed by atoms with van der Waals surface area (Å²) in [6, 6.07) is 4.75. The van der Waals surface area contributed by atoms with E-state index in [1.54, 1.807) is 16.7 Å². The Labute approximate surface area is 115 Å². The number of H-pyrrole nitrogens is 1. The van der Waals surface area contributed by atoms with Crippen LogP contribution in [0.25, 0.3) is 11.0 Å². The number of hydrogen-bond donors (Lipinski definition) is 2. The van der Waals surface area contributed by atoms with E-state index < -0.39 is 5.97 Å². The van der Waals surface area contributed by atoms with E-state index in [-0.39, 0.29) is 23.4 Å². The molecule has 0 aliphatic heterocycles. The minimum Gasteiger partial charge on any atom is -0.478 e. The SMILES string of the molecule is CCOC1CC(n2c(=O)[nH]c3ccc(C(=O)O)cc32)C1. The van der Waals surface area contributed by atoms with Gasteiger partial charge in [-0.05, 0) is 38.0 Å². The molecule has 1 saturated carbocycles. The fraction of sp³-hybridized carbons (Fsp3) is 0.429. The number of fused-ring (bicyclic) bond motifs is 1. The van der Waals surface area contributed by atoms with Crippen molar-refractivity contribution in [2.45, 2.75) is 31.9 Å². The van der Waals surface area contributed by atoms with E-state index in [0.717, 1.165) is 12.8 Å². The average molecular weight is 276 g/mol. The predicted molar refractivity (Wildman–Crippen MR) is 73.2 cm³/mol. The first-order valence-electron chi connectivity index (χ1n) is 6.69. The molecule has 0 saturated heterocycles. The lowest BCUT2D eigenvalue weighted by Gasteiger charge is -2.35. The van der Waals surface area contributed by atoms with Crippen LogP contribution in [0.15, 0.2) is 23.0 Å². The maximum atomic E-state index is 12.0. The lowest BCUT2D eigenvalue weighted by molar-refractivity contribution is -0.0194. The van der Waals surface area contributed by atoms with Crippen LogP contribution in [0.4, 0.5) is 0 Å². The quantitative estimate of drug-likeness (QED) is 0.891. The molecule has 0 spiro atoms. The second kappa shape index (κ2) is 4.79. The lowest BCUT2D eigenvalue weighted by atomic mass is 9.89. The van der Waals surface area contributed by atoms with Gasteiger partial charge in [0.25, 0.3) is 0 Å². The Balaban J connectivity index is 1.98. The molecule has 0 unspecified atom stereocenters. The number of aromatic amines is 1. The van der Waals surface area contributed by atoms with Gasteiger partial charge < -0.3 is 14.8 Å². The van der Waals surface area contributed by atoms with Gasteiger partial charge in [-0.2, -0.15) is 0 Å². The molecular weight excluding hydrogens is 260 g/mol. The highest BCUT2D eigenvalue weighted by Gasteiger charge is 2.33. The van der Waals surface area contributed by atoms with Crippen molar-refractivity contribution in [2.24, 2.45) is 0 Å². The van der Waals surface area contributed by atoms with Crippen molar-refractivity contribution in [3.63, 3.8) is 0 Å². The van der Waals surface area contributed by atoms with Gasteiger partial charge in [0, 0.05) is 12.6 Å². The molecule has 6 heteroatoms. The summed E-state index contributed by atoms with van der Waals surface area (Å²) in [4.78, 5) is 25.8. The normalized spacial score (nSPS) is 21.9. The average Bonchev–Trinajstić information content (AvgIpc) is 2.68. The van der Waals surface area contributed by atoms with E-state index in [9.17, 15) is 9.59 Å². The Morgan fingerprint density at radius 2 is 2.25 bits per heavy atom. The van der Waals surface area contributed by atoms with Crippen LogP contribution in [0.3, 0.4) is 0 Å². The standard InChI is InChI=1S/C14H16N2O4/c1-2-20-10-6-9(7-10)16-12-5-8(13(17)18)3-4-11(12)15-14(16)19/h3-5,9-10H,2,6-7H2,1H3,(H,15,19)(H,17,18). The van der Waals surface area contributed by atoms with Crippen molar-refractivity contribution in [3.8, 4) is 0 Å². The van der Waals surface area contributed by atoms with Gasteiger partial charge >= 0.3 is 11.7 Å². The predicted octanol–water partition coefficient (Wildman–Crippen LogP) is 1.77. The first-order chi connectivity index (χ1) is 9.60.